The molecule has 11 nitrogen and oxygen atoms in total. The molecule has 1 saturated heterocycles. The van der Waals surface area contributed by atoms with Crippen LogP contribution in [0.4, 0.5) is 0 Å². The maximum atomic E-state index is 14.1. The van der Waals surface area contributed by atoms with Gasteiger partial charge in [0.2, 0.25) is 12.4 Å². The number of methoxy groups -OCH3 is 1. The van der Waals surface area contributed by atoms with E-state index < -0.39 is 60.7 Å². The second kappa shape index (κ2) is 20.1. The lowest BCUT2D eigenvalue weighted by Crippen LogP contribution is -2.65. The van der Waals surface area contributed by atoms with Crippen LogP contribution >= 0.6 is 11.6 Å². The molecular formula is C50H43ClO11. The van der Waals surface area contributed by atoms with Gasteiger partial charge in [-0.3, -0.25) is 0 Å². The zero-order valence-corrected chi connectivity index (χ0v) is 34.8. The van der Waals surface area contributed by atoms with Crippen molar-refractivity contribution >= 4 is 35.5 Å². The number of carbonyl (C=O) groups excluding carboxylic acids is 4. The van der Waals surface area contributed by atoms with Crippen LogP contribution in [0.2, 0.25) is 5.02 Å². The molecular weight excluding hydrogens is 812 g/mol. The lowest BCUT2D eigenvalue weighted by Gasteiger charge is -2.45. The Morgan fingerprint density at radius 1 is 0.597 bits per heavy atom. The molecule has 0 spiro atoms. The molecule has 0 saturated carbocycles. The number of ether oxygens (including phenoxy) is 7. The molecule has 0 bridgehead atoms. The Balaban J connectivity index is 1.36. The van der Waals surface area contributed by atoms with E-state index in [0.717, 1.165) is 11.1 Å². The minimum atomic E-state index is -1.62. The van der Waals surface area contributed by atoms with Gasteiger partial charge in [-0.15, -0.1) is 0 Å². The molecule has 0 N–H and O–H groups in total. The van der Waals surface area contributed by atoms with E-state index in [9.17, 15) is 19.2 Å². The fraction of sp³-hybridized carbons (Fsp3) is 0.200. The number of aryl methyl sites for hydroxylation is 1. The van der Waals surface area contributed by atoms with Crippen molar-refractivity contribution < 1.29 is 52.3 Å². The zero-order chi connectivity index (χ0) is 43.6. The van der Waals surface area contributed by atoms with Crippen molar-refractivity contribution in [3.05, 3.63) is 202 Å². The first kappa shape index (κ1) is 43.1. The third kappa shape index (κ3) is 10.5. The number of hydrogen-bond donors (Lipinski definition) is 0. The maximum absolute atomic E-state index is 14.1. The monoisotopic (exact) mass is 854 g/mol. The van der Waals surface area contributed by atoms with Gasteiger partial charge >= 0.3 is 23.9 Å². The lowest BCUT2D eigenvalue weighted by atomic mass is 9.94. The molecule has 0 unspecified atom stereocenters. The summed E-state index contributed by atoms with van der Waals surface area (Å²) in [4.78, 5) is 55.7. The second-order valence-corrected chi connectivity index (χ2v) is 14.9. The number of rotatable bonds is 14. The fourth-order valence-corrected chi connectivity index (χ4v) is 7.30. The minimum Gasteiger partial charge on any atom is -0.497 e. The first-order valence-electron chi connectivity index (χ1n) is 19.9. The van der Waals surface area contributed by atoms with Crippen molar-refractivity contribution in [1.82, 2.24) is 0 Å². The van der Waals surface area contributed by atoms with Crippen LogP contribution in [0.1, 0.15) is 65.0 Å². The molecule has 7 rings (SSSR count). The SMILES string of the molecule is COc1ccc(Cc2c(Cl)cc(C)cc2O[C@@H]2O[C@H]([C@@H](C)OC(=O)c3ccccc3)[C@@H](OC(=O)c3ccccc3)[C@H](OC(=O)c3ccccc3)[C@H]2OC(=O)c2ccccc2)cc1. The van der Waals surface area contributed by atoms with Crippen molar-refractivity contribution in [2.45, 2.75) is 57.1 Å². The van der Waals surface area contributed by atoms with E-state index in [0.29, 0.717) is 22.8 Å². The summed E-state index contributed by atoms with van der Waals surface area (Å²) in [5.41, 5.74) is 2.92. The average Bonchev–Trinajstić information content (AvgIpc) is 3.30. The molecule has 6 aromatic carbocycles. The molecule has 6 aromatic rings. The minimum absolute atomic E-state index is 0.157. The Hall–Kier alpha value is -6.95. The summed E-state index contributed by atoms with van der Waals surface area (Å²) in [7, 11) is 1.58. The molecule has 1 heterocycles. The Morgan fingerprint density at radius 3 is 1.53 bits per heavy atom. The molecule has 62 heavy (non-hydrogen) atoms. The topological polar surface area (TPSA) is 133 Å². The van der Waals surface area contributed by atoms with E-state index in [4.69, 9.17) is 44.8 Å². The molecule has 12 heteroatoms. The van der Waals surface area contributed by atoms with Crippen LogP contribution in [-0.4, -0.2) is 67.8 Å². The first-order chi connectivity index (χ1) is 30.1. The van der Waals surface area contributed by atoms with E-state index in [-0.39, 0.29) is 28.0 Å². The smallest absolute Gasteiger partial charge is 0.338 e. The van der Waals surface area contributed by atoms with Crippen LogP contribution in [0.25, 0.3) is 0 Å². The van der Waals surface area contributed by atoms with Crippen LogP contribution in [-0.2, 0) is 30.1 Å². The molecule has 0 aromatic heterocycles. The molecule has 0 amide bonds. The van der Waals surface area contributed by atoms with E-state index in [1.165, 1.54) is 0 Å². The summed E-state index contributed by atoms with van der Waals surface area (Å²) in [6, 6.07) is 43.8. The van der Waals surface area contributed by atoms with Gasteiger partial charge in [-0.2, -0.15) is 0 Å². The number of hydrogen-bond acceptors (Lipinski definition) is 11. The molecule has 1 fully saturated rings. The molecule has 0 aliphatic carbocycles. The van der Waals surface area contributed by atoms with E-state index >= 15 is 0 Å². The zero-order valence-electron chi connectivity index (χ0n) is 34.1. The lowest BCUT2D eigenvalue weighted by molar-refractivity contribution is -0.284. The molecule has 316 valence electrons. The summed E-state index contributed by atoms with van der Waals surface area (Å²) in [6.45, 7) is 3.39. The summed E-state index contributed by atoms with van der Waals surface area (Å²) in [6.07, 6.45) is -8.63. The average molecular weight is 855 g/mol. The Bertz CT molecular complexity index is 2460. The number of benzene rings is 6. The summed E-state index contributed by atoms with van der Waals surface area (Å²) in [5, 5.41) is 0.382. The number of esters is 4. The largest absolute Gasteiger partial charge is 0.497 e. The van der Waals surface area contributed by atoms with Crippen molar-refractivity contribution in [2.75, 3.05) is 7.11 Å². The van der Waals surface area contributed by atoms with Crippen LogP contribution in [0, 0.1) is 6.92 Å². The van der Waals surface area contributed by atoms with Gasteiger partial charge in [0.1, 0.15) is 23.7 Å². The summed E-state index contributed by atoms with van der Waals surface area (Å²) >= 11 is 6.95. The van der Waals surface area contributed by atoms with Crippen molar-refractivity contribution in [3.8, 4) is 11.5 Å². The van der Waals surface area contributed by atoms with Crippen molar-refractivity contribution in [3.63, 3.8) is 0 Å². The Kier molecular flexibility index (Phi) is 14.0. The molecule has 1 aliphatic rings. The van der Waals surface area contributed by atoms with Crippen molar-refractivity contribution in [2.24, 2.45) is 0 Å². The Morgan fingerprint density at radius 2 is 1.05 bits per heavy atom. The summed E-state index contributed by atoms with van der Waals surface area (Å²) < 4.78 is 43.5. The van der Waals surface area contributed by atoms with Gasteiger partial charge in [0.25, 0.3) is 0 Å². The van der Waals surface area contributed by atoms with Crippen LogP contribution in [0.15, 0.2) is 158 Å². The van der Waals surface area contributed by atoms with Gasteiger partial charge in [0.05, 0.1) is 29.4 Å². The van der Waals surface area contributed by atoms with E-state index in [2.05, 4.69) is 0 Å². The molecule has 0 radical (unpaired) electrons. The van der Waals surface area contributed by atoms with Gasteiger partial charge in [0.15, 0.2) is 12.2 Å². The third-order valence-corrected chi connectivity index (χ3v) is 10.5. The summed E-state index contributed by atoms with van der Waals surface area (Å²) in [5.74, 6) is -2.22. The number of carbonyl (C=O) groups is 4. The highest BCUT2D eigenvalue weighted by Crippen LogP contribution is 2.38. The second-order valence-electron chi connectivity index (χ2n) is 14.5. The van der Waals surface area contributed by atoms with Crippen LogP contribution < -0.4 is 9.47 Å². The molecule has 1 aliphatic heterocycles. The Labute approximate surface area is 364 Å². The maximum Gasteiger partial charge on any atom is 0.338 e. The van der Waals surface area contributed by atoms with E-state index in [1.54, 1.807) is 147 Å². The van der Waals surface area contributed by atoms with Crippen molar-refractivity contribution in [1.29, 1.82) is 0 Å². The quantitative estimate of drug-likeness (QED) is 0.0767. The standard InChI is InChI=1S/C50H43ClO11/c1-31-28-40(51)39(30-33-24-26-38(56-3)27-25-33)41(29-31)58-50-45(61-49(55)37-22-14-7-15-23-37)44(60-48(54)36-20-12-6-13-21-36)43(59-47(53)35-18-10-5-11-19-35)42(62-50)32(2)57-46(52)34-16-8-4-9-17-34/h4-29,32,42-45,50H,30H2,1-3H3/t32-,42-,43-,44+,45-,50-/m1/s1. The van der Waals surface area contributed by atoms with Gasteiger partial charge in [-0.05, 0) is 97.8 Å². The highest BCUT2D eigenvalue weighted by Gasteiger charge is 2.56. The number of halogens is 1. The van der Waals surface area contributed by atoms with Crippen LogP contribution in [0.3, 0.4) is 0 Å². The fourth-order valence-electron chi connectivity index (χ4n) is 6.97. The molecule has 6 atom stereocenters. The van der Waals surface area contributed by atoms with Gasteiger partial charge in [0, 0.05) is 17.0 Å². The van der Waals surface area contributed by atoms with Gasteiger partial charge in [-0.25, -0.2) is 19.2 Å². The van der Waals surface area contributed by atoms with E-state index in [1.807, 2.05) is 31.2 Å². The van der Waals surface area contributed by atoms with Gasteiger partial charge in [-0.1, -0.05) is 96.5 Å². The normalized spacial score (nSPS) is 18.7. The predicted octanol–water partition coefficient (Wildman–Crippen LogP) is 9.27. The predicted molar refractivity (Wildman–Crippen MR) is 230 cm³/mol. The highest BCUT2D eigenvalue weighted by atomic mass is 35.5. The van der Waals surface area contributed by atoms with Crippen LogP contribution in [0.5, 0.6) is 11.5 Å². The first-order valence-corrected chi connectivity index (χ1v) is 20.2. The third-order valence-electron chi connectivity index (χ3n) is 10.1. The highest BCUT2D eigenvalue weighted by molar-refractivity contribution is 6.31. The van der Waals surface area contributed by atoms with Gasteiger partial charge < -0.3 is 33.2 Å².